The van der Waals surface area contributed by atoms with E-state index in [0.29, 0.717) is 17.9 Å². The number of rotatable bonds is 7. The number of hydrogen-bond acceptors (Lipinski definition) is 4. The topological polar surface area (TPSA) is 57.6 Å². The minimum Gasteiger partial charge on any atom is -0.458 e. The van der Waals surface area contributed by atoms with Gasteiger partial charge in [0.1, 0.15) is 17.4 Å². The third-order valence-electron chi connectivity index (χ3n) is 9.73. The number of nitrogens with two attached hydrogens (primary N) is 1. The van der Waals surface area contributed by atoms with Gasteiger partial charge >= 0.3 is 0 Å². The zero-order valence-electron chi connectivity index (χ0n) is 20.6. The van der Waals surface area contributed by atoms with Crippen LogP contribution < -0.4 is 5.73 Å². The molecule has 2 N–H and O–H groups in total. The molecule has 4 nitrogen and oxygen atoms in total. The normalized spacial score (nSPS) is 32.4. The van der Waals surface area contributed by atoms with Gasteiger partial charge in [0.05, 0.1) is 6.10 Å². The van der Waals surface area contributed by atoms with Crippen LogP contribution in [0.3, 0.4) is 0 Å². The van der Waals surface area contributed by atoms with Gasteiger partial charge in [0, 0.05) is 23.9 Å². The van der Waals surface area contributed by atoms with Crippen molar-refractivity contribution in [3.05, 3.63) is 71.5 Å². The smallest absolute Gasteiger partial charge is 0.159 e. The van der Waals surface area contributed by atoms with E-state index in [0.717, 1.165) is 41.9 Å². The van der Waals surface area contributed by atoms with Crippen LogP contribution in [0.1, 0.15) is 63.0 Å². The second kappa shape index (κ2) is 8.22. The molecule has 1 saturated heterocycles. The Kier molecular flexibility index (Phi) is 5.40. The first-order chi connectivity index (χ1) is 16.4. The molecule has 0 amide bonds. The molecule has 0 spiro atoms. The van der Waals surface area contributed by atoms with Gasteiger partial charge < -0.3 is 19.6 Å². The van der Waals surface area contributed by atoms with Crippen molar-refractivity contribution in [2.75, 3.05) is 6.54 Å². The van der Waals surface area contributed by atoms with Crippen LogP contribution in [0.5, 0.6) is 0 Å². The molecule has 180 valence electrons. The highest BCUT2D eigenvalue weighted by Crippen LogP contribution is 2.71. The standard InChI is InChI=1S/C30H37NO3/c1-29(2)23-15-16-30(29,3)28-22(23)17-26(34-28)32-25(18-31)27-21(14-13-19-9-5-4-6-10-19)20-11-7-8-12-24(20)33-27/h4-12,22-23,25-26,28H,13-18,31H2,1-3H3/t22-,23+,25?,26-,28-,30-/m0/s1. The molecule has 6 rings (SSSR count). The van der Waals surface area contributed by atoms with Crippen molar-refractivity contribution < 1.29 is 13.9 Å². The third-order valence-corrected chi connectivity index (χ3v) is 9.73. The van der Waals surface area contributed by atoms with Crippen LogP contribution in [-0.2, 0) is 22.3 Å². The summed E-state index contributed by atoms with van der Waals surface area (Å²) in [5.41, 5.74) is 10.3. The Morgan fingerprint density at radius 1 is 1.03 bits per heavy atom. The maximum absolute atomic E-state index is 6.64. The van der Waals surface area contributed by atoms with Crippen LogP contribution in [0.2, 0.25) is 0 Å². The van der Waals surface area contributed by atoms with Gasteiger partial charge in [0.2, 0.25) is 0 Å². The van der Waals surface area contributed by atoms with Gasteiger partial charge in [-0.15, -0.1) is 0 Å². The van der Waals surface area contributed by atoms with Crippen LogP contribution in [0.25, 0.3) is 11.0 Å². The molecule has 1 aromatic heterocycles. The lowest BCUT2D eigenvalue weighted by Crippen LogP contribution is -2.38. The van der Waals surface area contributed by atoms with Crippen LogP contribution in [-0.4, -0.2) is 18.9 Å². The Balaban J connectivity index is 1.25. The molecule has 3 aliphatic rings. The number of ether oxygens (including phenoxy) is 2. The maximum Gasteiger partial charge on any atom is 0.159 e. The second-order valence-corrected chi connectivity index (χ2v) is 11.5. The molecular formula is C30H37NO3. The van der Waals surface area contributed by atoms with Crippen LogP contribution >= 0.6 is 0 Å². The van der Waals surface area contributed by atoms with Crippen molar-refractivity contribution >= 4 is 11.0 Å². The van der Waals surface area contributed by atoms with E-state index in [2.05, 4.69) is 63.2 Å². The van der Waals surface area contributed by atoms with Crippen LogP contribution in [0.15, 0.2) is 59.0 Å². The summed E-state index contributed by atoms with van der Waals surface area (Å²) in [6, 6.07) is 18.9. The SMILES string of the molecule is CC1(C)[C@@H]2CC[C@@]1(C)[C@H]1O[C@H](OC(CN)c3oc4ccccc4c3CCc3ccccc3)C[C@@H]21. The average molecular weight is 460 g/mol. The zero-order valence-corrected chi connectivity index (χ0v) is 20.6. The number of aryl methyl sites for hydroxylation is 2. The minimum absolute atomic E-state index is 0.213. The molecule has 2 aliphatic carbocycles. The van der Waals surface area contributed by atoms with Crippen molar-refractivity contribution in [2.45, 2.75) is 71.4 Å². The van der Waals surface area contributed by atoms with E-state index < -0.39 is 0 Å². The summed E-state index contributed by atoms with van der Waals surface area (Å²) >= 11 is 0. The minimum atomic E-state index is -0.305. The Labute approximate surface area is 202 Å². The molecule has 2 aromatic carbocycles. The largest absolute Gasteiger partial charge is 0.458 e. The molecular weight excluding hydrogens is 422 g/mol. The number of benzene rings is 2. The highest BCUT2D eigenvalue weighted by molar-refractivity contribution is 5.82. The first kappa shape index (κ1) is 22.3. The predicted octanol–water partition coefficient (Wildman–Crippen LogP) is 6.42. The van der Waals surface area contributed by atoms with Gasteiger partial charge in [-0.1, -0.05) is 69.3 Å². The average Bonchev–Trinajstić information content (AvgIpc) is 3.53. The van der Waals surface area contributed by atoms with Gasteiger partial charge in [-0.25, -0.2) is 0 Å². The lowest BCUT2D eigenvalue weighted by molar-refractivity contribution is -0.188. The molecule has 6 atom stereocenters. The van der Waals surface area contributed by atoms with Gasteiger partial charge in [-0.2, -0.15) is 0 Å². The van der Waals surface area contributed by atoms with E-state index in [1.54, 1.807) is 0 Å². The summed E-state index contributed by atoms with van der Waals surface area (Å²) in [6.07, 6.45) is 5.15. The van der Waals surface area contributed by atoms with E-state index in [4.69, 9.17) is 19.6 Å². The maximum atomic E-state index is 6.64. The van der Waals surface area contributed by atoms with E-state index in [9.17, 15) is 0 Å². The molecule has 0 radical (unpaired) electrons. The summed E-state index contributed by atoms with van der Waals surface area (Å²) < 4.78 is 19.6. The highest BCUT2D eigenvalue weighted by atomic mass is 16.7. The fraction of sp³-hybridized carbons (Fsp3) is 0.533. The predicted molar refractivity (Wildman–Crippen MR) is 134 cm³/mol. The molecule has 34 heavy (non-hydrogen) atoms. The van der Waals surface area contributed by atoms with Crippen LogP contribution in [0.4, 0.5) is 0 Å². The summed E-state index contributed by atoms with van der Waals surface area (Å²) in [4.78, 5) is 0. The zero-order chi connectivity index (χ0) is 23.5. The molecule has 3 fully saturated rings. The van der Waals surface area contributed by atoms with Crippen molar-refractivity contribution in [1.82, 2.24) is 0 Å². The fourth-order valence-electron chi connectivity index (χ4n) is 7.53. The number of hydrogen-bond donors (Lipinski definition) is 1. The molecule has 3 aromatic rings. The second-order valence-electron chi connectivity index (χ2n) is 11.5. The molecule has 2 saturated carbocycles. The quantitative estimate of drug-likeness (QED) is 0.443. The Bertz CT molecular complexity index is 1170. The van der Waals surface area contributed by atoms with Crippen molar-refractivity contribution in [3.63, 3.8) is 0 Å². The number of fused-ring (bicyclic) bond motifs is 6. The lowest BCUT2D eigenvalue weighted by atomic mass is 9.70. The fourth-order valence-corrected chi connectivity index (χ4v) is 7.53. The van der Waals surface area contributed by atoms with Crippen LogP contribution in [0, 0.1) is 22.7 Å². The lowest BCUT2D eigenvalue weighted by Gasteiger charge is -2.38. The van der Waals surface area contributed by atoms with E-state index >= 15 is 0 Å². The highest BCUT2D eigenvalue weighted by Gasteiger charge is 2.69. The molecule has 2 heterocycles. The third kappa shape index (κ3) is 3.30. The van der Waals surface area contributed by atoms with Crippen molar-refractivity contribution in [1.29, 1.82) is 0 Å². The summed E-state index contributed by atoms with van der Waals surface area (Å²) in [7, 11) is 0. The summed E-state index contributed by atoms with van der Waals surface area (Å²) in [6.45, 7) is 7.69. The van der Waals surface area contributed by atoms with E-state index in [-0.39, 0.29) is 23.9 Å². The monoisotopic (exact) mass is 459 g/mol. The Morgan fingerprint density at radius 3 is 2.56 bits per heavy atom. The number of para-hydroxylation sites is 1. The Hall–Kier alpha value is -2.14. The van der Waals surface area contributed by atoms with E-state index in [1.807, 2.05) is 12.1 Å². The Morgan fingerprint density at radius 2 is 1.79 bits per heavy atom. The molecule has 1 unspecified atom stereocenters. The first-order valence-corrected chi connectivity index (χ1v) is 13.0. The summed E-state index contributed by atoms with van der Waals surface area (Å²) in [5, 5.41) is 1.16. The van der Waals surface area contributed by atoms with Gasteiger partial charge in [0.15, 0.2) is 6.29 Å². The van der Waals surface area contributed by atoms with E-state index in [1.165, 1.54) is 24.0 Å². The number of furan rings is 1. The van der Waals surface area contributed by atoms with Gasteiger partial charge in [0.25, 0.3) is 0 Å². The molecule has 4 heteroatoms. The van der Waals surface area contributed by atoms with Crippen molar-refractivity contribution in [2.24, 2.45) is 28.4 Å². The first-order valence-electron chi connectivity index (χ1n) is 13.0. The summed E-state index contributed by atoms with van der Waals surface area (Å²) in [5.74, 6) is 2.18. The van der Waals surface area contributed by atoms with Crippen molar-refractivity contribution in [3.8, 4) is 0 Å². The molecule has 1 aliphatic heterocycles. The molecule has 2 bridgehead atoms. The van der Waals surface area contributed by atoms with Gasteiger partial charge in [-0.05, 0) is 60.0 Å². The van der Waals surface area contributed by atoms with Gasteiger partial charge in [-0.3, -0.25) is 0 Å².